The van der Waals surface area contributed by atoms with Crippen molar-refractivity contribution in [3.63, 3.8) is 0 Å². The number of fused-ring (bicyclic) bond motifs is 2. The average Bonchev–Trinajstić information content (AvgIpc) is 2.81. The Morgan fingerprint density at radius 1 is 1.23 bits per heavy atom. The number of benzene rings is 1. The van der Waals surface area contributed by atoms with Gasteiger partial charge in [-0.05, 0) is 12.1 Å². The third-order valence-corrected chi connectivity index (χ3v) is 5.25. The highest BCUT2D eigenvalue weighted by Crippen LogP contribution is 2.47. The Morgan fingerprint density at radius 3 is 2.68 bits per heavy atom. The molecule has 3 heterocycles. The van der Waals surface area contributed by atoms with E-state index in [0.29, 0.717) is 31.2 Å². The molecule has 2 aromatic heterocycles. The summed E-state index contributed by atoms with van der Waals surface area (Å²) in [6.45, 7) is 0. The summed E-state index contributed by atoms with van der Waals surface area (Å²) < 4.78 is 2.88. The molecule has 0 atom stereocenters. The van der Waals surface area contributed by atoms with Crippen molar-refractivity contribution < 1.29 is 14.4 Å². The zero-order valence-corrected chi connectivity index (χ0v) is 12.9. The van der Waals surface area contributed by atoms with Crippen LogP contribution >= 0.6 is 35.0 Å². The molecule has 0 spiro atoms. The molecule has 0 radical (unpaired) electrons. The minimum atomic E-state index is -0.500. The largest absolute Gasteiger partial charge is 0.839 e. The maximum Gasteiger partial charge on any atom is 0.309 e. The van der Waals surface area contributed by atoms with Gasteiger partial charge in [0.25, 0.3) is 0 Å². The molecule has 4 rings (SSSR count). The van der Waals surface area contributed by atoms with Crippen LogP contribution in [0.3, 0.4) is 0 Å². The molecule has 1 aromatic carbocycles. The summed E-state index contributed by atoms with van der Waals surface area (Å²) >= 11 is 13.7. The average molecular weight is 354 g/mol. The summed E-state index contributed by atoms with van der Waals surface area (Å²) in [5.74, 6) is -0.326. The fraction of sp³-hybridized carbons (Fsp3) is 0. The fourth-order valence-electron chi connectivity index (χ4n) is 2.50. The summed E-state index contributed by atoms with van der Waals surface area (Å²) in [7, 11) is 0. The summed E-state index contributed by atoms with van der Waals surface area (Å²) in [6.07, 6.45) is 2.60. The Bertz CT molecular complexity index is 987. The molecule has 3 aromatic rings. The van der Waals surface area contributed by atoms with E-state index in [2.05, 4.69) is 0 Å². The lowest BCUT2D eigenvalue weighted by Crippen LogP contribution is -2.22. The highest BCUT2D eigenvalue weighted by atomic mass is 35.5. The lowest BCUT2D eigenvalue weighted by atomic mass is 10.3. The molecule has 0 unspecified atom stereocenters. The predicted octanol–water partition coefficient (Wildman–Crippen LogP) is 2.97. The third kappa shape index (κ3) is 1.73. The maximum atomic E-state index is 12.3. The lowest BCUT2D eigenvalue weighted by Gasteiger charge is -2.17. The first kappa shape index (κ1) is 13.7. The second-order valence-corrected chi connectivity index (χ2v) is 6.53. The summed E-state index contributed by atoms with van der Waals surface area (Å²) in [5.41, 5.74) is 0.948. The molecule has 22 heavy (non-hydrogen) atoms. The molecule has 1 aliphatic rings. The fourth-order valence-corrected chi connectivity index (χ4v) is 4.22. The van der Waals surface area contributed by atoms with Crippen molar-refractivity contribution in [2.24, 2.45) is 0 Å². The van der Waals surface area contributed by atoms with Gasteiger partial charge in [-0.2, -0.15) is 8.97 Å². The number of hydrogen-bond donors (Lipinski definition) is 0. The second kappa shape index (κ2) is 4.52. The van der Waals surface area contributed by atoms with Gasteiger partial charge in [0.2, 0.25) is 0 Å². The van der Waals surface area contributed by atoms with Crippen LogP contribution in [0, 0.1) is 10.1 Å². The Balaban J connectivity index is 2.17. The van der Waals surface area contributed by atoms with E-state index in [1.165, 1.54) is 39.2 Å². The molecular weight excluding hydrogens is 349 g/mol. The Kier molecular flexibility index (Phi) is 2.81. The van der Waals surface area contributed by atoms with Crippen molar-refractivity contribution in [3.8, 4) is 11.6 Å². The van der Waals surface area contributed by atoms with Gasteiger partial charge in [0.1, 0.15) is 17.0 Å². The normalized spacial score (nSPS) is 12.5. The van der Waals surface area contributed by atoms with Gasteiger partial charge in [0.15, 0.2) is 11.9 Å². The predicted molar refractivity (Wildman–Crippen MR) is 79.2 cm³/mol. The zero-order chi connectivity index (χ0) is 15.6. The molecule has 0 fully saturated rings. The first-order valence-corrected chi connectivity index (χ1v) is 7.63. The van der Waals surface area contributed by atoms with Crippen LogP contribution < -0.4 is 9.51 Å². The Hall–Kier alpha value is -1.96. The minimum Gasteiger partial charge on any atom is -0.839 e. The number of nitrogens with zero attached hydrogens (tertiary/aromatic N) is 3. The van der Waals surface area contributed by atoms with Crippen LogP contribution in [0.1, 0.15) is 0 Å². The monoisotopic (exact) mass is 353 g/mol. The van der Waals surface area contributed by atoms with Crippen LogP contribution in [0.2, 0.25) is 10.0 Å². The van der Waals surface area contributed by atoms with Gasteiger partial charge in [-0.25, -0.2) is 0 Å². The number of imidazole rings is 1. The number of nitro groups is 1. The smallest absolute Gasteiger partial charge is 0.309 e. The first-order chi connectivity index (χ1) is 10.5. The SMILES string of the molecule is O=[N+]([O-])c1cc2c3n(c([O-])c[n+]3c1)-c1c(Cl)ccc(Cl)c1S2. The van der Waals surface area contributed by atoms with Crippen LogP contribution in [0.4, 0.5) is 5.69 Å². The van der Waals surface area contributed by atoms with E-state index < -0.39 is 4.92 Å². The topological polar surface area (TPSA) is 75.2 Å². The molecule has 0 bridgehead atoms. The van der Waals surface area contributed by atoms with Crippen molar-refractivity contribution in [3.05, 3.63) is 50.8 Å². The third-order valence-electron chi connectivity index (χ3n) is 3.38. The maximum absolute atomic E-state index is 12.3. The van der Waals surface area contributed by atoms with E-state index >= 15 is 0 Å². The zero-order valence-electron chi connectivity index (χ0n) is 10.6. The van der Waals surface area contributed by atoms with E-state index in [4.69, 9.17) is 23.2 Å². The van der Waals surface area contributed by atoms with Crippen LogP contribution in [0.25, 0.3) is 11.3 Å². The van der Waals surface area contributed by atoms with Gasteiger partial charge in [0, 0.05) is 6.07 Å². The van der Waals surface area contributed by atoms with Crippen molar-refractivity contribution in [2.75, 3.05) is 0 Å². The standard InChI is InChI=1S/C13H5Cl2N3O3S/c14-7-1-2-8(15)12-11(7)17-10(19)5-16-4-6(18(20)21)3-9(22-12)13(16)17/h1-5H. The highest BCUT2D eigenvalue weighted by Gasteiger charge is 2.32. The Labute approximate surface area is 137 Å². The number of aromatic nitrogens is 2. The quantitative estimate of drug-likeness (QED) is 0.299. The van der Waals surface area contributed by atoms with E-state index in [-0.39, 0.29) is 11.6 Å². The van der Waals surface area contributed by atoms with E-state index in [0.717, 1.165) is 0 Å². The van der Waals surface area contributed by atoms with Crippen molar-refractivity contribution in [1.29, 1.82) is 0 Å². The molecule has 9 heteroatoms. The molecule has 0 saturated heterocycles. The van der Waals surface area contributed by atoms with Crippen LogP contribution in [-0.4, -0.2) is 9.49 Å². The molecule has 1 aliphatic heterocycles. The lowest BCUT2D eigenvalue weighted by molar-refractivity contribution is -0.523. The van der Waals surface area contributed by atoms with Gasteiger partial charge >= 0.3 is 11.3 Å². The van der Waals surface area contributed by atoms with Gasteiger partial charge < -0.3 is 5.11 Å². The molecule has 110 valence electrons. The molecule has 0 aliphatic carbocycles. The van der Waals surface area contributed by atoms with Crippen LogP contribution in [0.5, 0.6) is 5.88 Å². The van der Waals surface area contributed by atoms with E-state index in [1.54, 1.807) is 12.1 Å². The van der Waals surface area contributed by atoms with Crippen molar-refractivity contribution in [2.45, 2.75) is 9.79 Å². The van der Waals surface area contributed by atoms with Gasteiger partial charge in [-0.1, -0.05) is 35.0 Å². The number of rotatable bonds is 1. The molecule has 6 nitrogen and oxygen atoms in total. The summed E-state index contributed by atoms with van der Waals surface area (Å²) in [6, 6.07) is 4.68. The second-order valence-electron chi connectivity index (χ2n) is 4.66. The van der Waals surface area contributed by atoms with Crippen LogP contribution in [0.15, 0.2) is 40.4 Å². The van der Waals surface area contributed by atoms with Crippen molar-refractivity contribution >= 4 is 46.3 Å². The van der Waals surface area contributed by atoms with Gasteiger partial charge in [0.05, 0.1) is 19.9 Å². The number of hydrogen-bond acceptors (Lipinski definition) is 4. The number of pyridine rings is 1. The minimum absolute atomic E-state index is 0.0984. The molecule has 0 saturated carbocycles. The van der Waals surface area contributed by atoms with E-state index in [1.807, 2.05) is 0 Å². The summed E-state index contributed by atoms with van der Waals surface area (Å²) in [4.78, 5) is 11.7. The highest BCUT2D eigenvalue weighted by molar-refractivity contribution is 7.99. The number of halogens is 2. The molecule has 0 amide bonds. The van der Waals surface area contributed by atoms with Gasteiger partial charge in [-0.3, -0.25) is 10.1 Å². The van der Waals surface area contributed by atoms with Crippen LogP contribution in [-0.2, 0) is 0 Å². The summed E-state index contributed by atoms with van der Waals surface area (Å²) in [5, 5.41) is 24.2. The van der Waals surface area contributed by atoms with Gasteiger partial charge in [-0.15, -0.1) is 0 Å². The first-order valence-electron chi connectivity index (χ1n) is 6.06. The van der Waals surface area contributed by atoms with E-state index in [9.17, 15) is 15.2 Å². The van der Waals surface area contributed by atoms with Crippen molar-refractivity contribution in [1.82, 2.24) is 4.57 Å². The molecule has 0 N–H and O–H groups in total. The molecular formula is C13H5Cl2N3O3S. The Morgan fingerprint density at radius 2 is 1.95 bits per heavy atom.